The average molecular weight is 607 g/mol. The average Bonchev–Trinajstić information content (AvgIpc) is 2.99. The van der Waals surface area contributed by atoms with Gasteiger partial charge in [0.2, 0.25) is 5.91 Å². The van der Waals surface area contributed by atoms with E-state index in [0.717, 1.165) is 11.8 Å². The van der Waals surface area contributed by atoms with Crippen LogP contribution in [0.4, 0.5) is 26.2 Å². The van der Waals surface area contributed by atoms with E-state index in [4.69, 9.17) is 17.3 Å². The summed E-state index contributed by atoms with van der Waals surface area (Å²) >= 11 is 5.88. The molecule has 224 valence electrons. The van der Waals surface area contributed by atoms with E-state index in [0.29, 0.717) is 41.9 Å². The molecule has 1 aromatic heterocycles. The van der Waals surface area contributed by atoms with Gasteiger partial charge in [0, 0.05) is 29.6 Å². The zero-order valence-corrected chi connectivity index (χ0v) is 24.7. The summed E-state index contributed by atoms with van der Waals surface area (Å²) in [5, 5.41) is 8.51. The Bertz CT molecular complexity index is 1610. The van der Waals surface area contributed by atoms with E-state index in [2.05, 4.69) is 30.7 Å². The van der Waals surface area contributed by atoms with Gasteiger partial charge in [-0.2, -0.15) is 0 Å². The number of ether oxygens (including phenoxy) is 1. The van der Waals surface area contributed by atoms with Crippen LogP contribution in [0.5, 0.6) is 0 Å². The van der Waals surface area contributed by atoms with Crippen molar-refractivity contribution < 1.29 is 23.5 Å². The van der Waals surface area contributed by atoms with Gasteiger partial charge in [0.15, 0.2) is 5.82 Å². The lowest BCUT2D eigenvalue weighted by molar-refractivity contribution is -0.120. The van der Waals surface area contributed by atoms with E-state index >= 15 is 0 Å². The minimum atomic E-state index is -0.702. The molecule has 2 atom stereocenters. The van der Waals surface area contributed by atoms with E-state index in [9.17, 15) is 18.8 Å². The first-order chi connectivity index (χ1) is 20.6. The molecule has 2 bridgehead atoms. The number of carbonyl (C=O) groups excluding carboxylic acids is 3. The summed E-state index contributed by atoms with van der Waals surface area (Å²) < 4.78 is 19.1. The van der Waals surface area contributed by atoms with Crippen LogP contribution < -0.4 is 21.7 Å². The first-order valence-corrected chi connectivity index (χ1v) is 14.0. The number of rotatable bonds is 5. The van der Waals surface area contributed by atoms with Gasteiger partial charge < -0.3 is 21.1 Å². The summed E-state index contributed by atoms with van der Waals surface area (Å²) in [4.78, 5) is 47.1. The number of nitrogens with one attached hydrogen (secondary N) is 3. The molecule has 0 unspecified atom stereocenters. The van der Waals surface area contributed by atoms with Crippen LogP contribution >= 0.6 is 11.6 Å². The topological polar surface area (TPSA) is 148 Å². The summed E-state index contributed by atoms with van der Waals surface area (Å²) in [6, 6.07) is 12.6. The second-order valence-corrected chi connectivity index (χ2v) is 10.5. The van der Waals surface area contributed by atoms with Crippen LogP contribution in [0, 0.1) is 11.7 Å². The summed E-state index contributed by atoms with van der Waals surface area (Å²) in [6.07, 6.45) is 3.75. The number of amides is 3. The quantitative estimate of drug-likeness (QED) is 0.199. The number of fused-ring (bicyclic) bond motifs is 4. The molecule has 10 nitrogen and oxygen atoms in total. The Hall–Kier alpha value is -4.77. The van der Waals surface area contributed by atoms with Gasteiger partial charge in [0.25, 0.3) is 5.91 Å². The van der Waals surface area contributed by atoms with Gasteiger partial charge in [-0.15, -0.1) is 0 Å². The van der Waals surface area contributed by atoms with E-state index in [1.54, 1.807) is 43.5 Å². The largest absolute Gasteiger partial charge is 0.453 e. The highest BCUT2D eigenvalue weighted by Crippen LogP contribution is 2.34. The number of hydrogen-bond donors (Lipinski definition) is 4. The highest BCUT2D eigenvalue weighted by atomic mass is 35.5. The van der Waals surface area contributed by atoms with Crippen molar-refractivity contribution in [1.82, 2.24) is 10.3 Å². The molecule has 2 aromatic carbocycles. The zero-order valence-electron chi connectivity index (χ0n) is 23.9. The number of hydrogen-bond acceptors (Lipinski definition) is 7. The molecule has 5 N–H and O–H groups in total. The Labute approximate surface area is 253 Å². The fourth-order valence-electron chi connectivity index (χ4n) is 4.68. The summed E-state index contributed by atoms with van der Waals surface area (Å²) in [5.41, 5.74) is 9.04. The van der Waals surface area contributed by atoms with Gasteiger partial charge in [-0.25, -0.2) is 14.2 Å². The van der Waals surface area contributed by atoms with Crippen molar-refractivity contribution >= 4 is 52.3 Å². The molecule has 0 spiro atoms. The van der Waals surface area contributed by atoms with Crippen molar-refractivity contribution in [2.75, 3.05) is 17.7 Å². The van der Waals surface area contributed by atoms with Crippen LogP contribution in [-0.4, -0.2) is 35.7 Å². The third kappa shape index (κ3) is 7.55. The lowest BCUT2D eigenvalue weighted by atomic mass is 9.95. The normalized spacial score (nSPS) is 17.5. The monoisotopic (exact) mass is 606 g/mol. The number of nitrogens with zero attached hydrogens (tertiary/aromatic N) is 2. The minimum absolute atomic E-state index is 0.0200. The lowest BCUT2D eigenvalue weighted by Gasteiger charge is -2.23. The zero-order chi connectivity index (χ0) is 31.1. The van der Waals surface area contributed by atoms with Crippen LogP contribution in [0.15, 0.2) is 71.5 Å². The fraction of sp³-hybridized carbons (Fsp3) is 0.258. The van der Waals surface area contributed by atoms with Crippen LogP contribution in [0.1, 0.15) is 44.8 Å². The number of benzene rings is 2. The second kappa shape index (κ2) is 13.9. The molecule has 43 heavy (non-hydrogen) atoms. The Kier molecular flexibility index (Phi) is 10.1. The van der Waals surface area contributed by atoms with E-state index in [1.807, 2.05) is 13.0 Å². The molecular formula is C31H32ClFN6O4. The van der Waals surface area contributed by atoms with Crippen molar-refractivity contribution in [3.63, 3.8) is 0 Å². The maximum atomic E-state index is 14.4. The highest BCUT2D eigenvalue weighted by Gasteiger charge is 2.24. The van der Waals surface area contributed by atoms with Gasteiger partial charge in [-0.1, -0.05) is 37.1 Å². The summed E-state index contributed by atoms with van der Waals surface area (Å²) in [6.45, 7) is 3.38. The van der Waals surface area contributed by atoms with E-state index < -0.39 is 23.9 Å². The van der Waals surface area contributed by atoms with Gasteiger partial charge in [0.05, 0.1) is 40.8 Å². The molecule has 12 heteroatoms. The van der Waals surface area contributed by atoms with Crippen molar-refractivity contribution in [2.45, 2.75) is 39.2 Å². The number of aliphatic imine (C=N–C) groups is 1. The standard InChI is InChI=1S/C31H32ClFN6O4/c1-17-6-4-8-24(38-30(41)22(16-34)18(2)36-25-9-5-7-23(32)28(25)33)27-14-19(12-13-35-27)21-11-10-20(37-31(42)43-3)15-26(21)39-29(17)40/h5,7,9-17,24H,4,6,8,34H2,1-3H3,(H,37,42)(H,38,41)(H,39,40)/t17-,24+/m1/s1. The third-order valence-electron chi connectivity index (χ3n) is 7.06. The van der Waals surface area contributed by atoms with Crippen LogP contribution in [0.25, 0.3) is 11.1 Å². The Balaban J connectivity index is 1.68. The van der Waals surface area contributed by atoms with Crippen molar-refractivity contribution in [3.8, 4) is 11.1 Å². The molecule has 3 aromatic rings. The molecule has 1 aliphatic heterocycles. The predicted molar refractivity (Wildman–Crippen MR) is 165 cm³/mol. The number of anilines is 2. The van der Waals surface area contributed by atoms with E-state index in [-0.39, 0.29) is 33.8 Å². The Morgan fingerprint density at radius 2 is 2.00 bits per heavy atom. The smallest absolute Gasteiger partial charge is 0.411 e. The van der Waals surface area contributed by atoms with Crippen LogP contribution in [0.3, 0.4) is 0 Å². The second-order valence-electron chi connectivity index (χ2n) is 10.0. The van der Waals surface area contributed by atoms with Gasteiger partial charge >= 0.3 is 6.09 Å². The molecule has 0 aliphatic carbocycles. The van der Waals surface area contributed by atoms with Gasteiger partial charge in [-0.3, -0.25) is 19.9 Å². The molecule has 3 amide bonds. The van der Waals surface area contributed by atoms with Gasteiger partial charge in [0.1, 0.15) is 5.69 Å². The molecule has 4 rings (SSSR count). The number of carbonyl (C=O) groups is 3. The van der Waals surface area contributed by atoms with Crippen molar-refractivity contribution in [3.05, 3.63) is 83.0 Å². The molecule has 2 heterocycles. The number of methoxy groups -OCH3 is 1. The Morgan fingerprint density at radius 3 is 2.74 bits per heavy atom. The SMILES string of the molecule is COC(=O)Nc1ccc2c(c1)NC(=O)[C@H](C)CCC[C@H](NC(=O)C(=CN)C(C)=Nc1cccc(Cl)c1F)c1cc-2ccn1. The van der Waals surface area contributed by atoms with Crippen LogP contribution in [-0.2, 0) is 14.3 Å². The lowest BCUT2D eigenvalue weighted by Crippen LogP contribution is -2.33. The molecule has 0 fully saturated rings. The first kappa shape index (κ1) is 31.2. The van der Waals surface area contributed by atoms with E-state index in [1.165, 1.54) is 19.2 Å². The van der Waals surface area contributed by atoms with Crippen molar-refractivity contribution in [1.29, 1.82) is 0 Å². The minimum Gasteiger partial charge on any atom is -0.453 e. The van der Waals surface area contributed by atoms with Crippen molar-refractivity contribution in [2.24, 2.45) is 16.6 Å². The molecule has 0 saturated heterocycles. The number of aromatic nitrogens is 1. The predicted octanol–water partition coefficient (Wildman–Crippen LogP) is 6.27. The number of pyridine rings is 1. The summed E-state index contributed by atoms with van der Waals surface area (Å²) in [5.74, 6) is -1.73. The highest BCUT2D eigenvalue weighted by molar-refractivity contribution is 6.31. The molecule has 0 radical (unpaired) electrons. The fourth-order valence-corrected chi connectivity index (χ4v) is 4.85. The Morgan fingerprint density at radius 1 is 1.21 bits per heavy atom. The number of halogens is 2. The maximum absolute atomic E-state index is 14.4. The maximum Gasteiger partial charge on any atom is 0.411 e. The molecule has 0 saturated carbocycles. The van der Waals surface area contributed by atoms with Crippen LogP contribution in [0.2, 0.25) is 5.02 Å². The van der Waals surface area contributed by atoms with Gasteiger partial charge in [-0.05, 0) is 61.7 Å². The molecular weight excluding hydrogens is 575 g/mol. The number of nitrogens with two attached hydrogens (primary N) is 1. The third-order valence-corrected chi connectivity index (χ3v) is 7.35. The first-order valence-electron chi connectivity index (χ1n) is 13.6. The molecule has 1 aliphatic rings. The summed E-state index contributed by atoms with van der Waals surface area (Å²) in [7, 11) is 1.26.